The van der Waals surface area contributed by atoms with Crippen LogP contribution in [0.15, 0.2) is 53.4 Å². The van der Waals surface area contributed by atoms with Crippen LogP contribution in [0.4, 0.5) is 0 Å². The summed E-state index contributed by atoms with van der Waals surface area (Å²) in [6.07, 6.45) is 3.29. The molecule has 0 spiro atoms. The fourth-order valence-electron chi connectivity index (χ4n) is 3.75. The molecule has 7 nitrogen and oxygen atoms in total. The predicted octanol–water partition coefficient (Wildman–Crippen LogP) is 2.26. The first kappa shape index (κ1) is 23.0. The highest BCUT2D eigenvalue weighted by molar-refractivity contribution is 7.92. The van der Waals surface area contributed by atoms with Gasteiger partial charge in [0.05, 0.1) is 13.5 Å². The van der Waals surface area contributed by atoms with E-state index in [1.807, 2.05) is 18.2 Å². The molecule has 1 fully saturated rings. The molecule has 9 heteroatoms. The van der Waals surface area contributed by atoms with Crippen molar-refractivity contribution in [3.8, 4) is 5.75 Å². The highest BCUT2D eigenvalue weighted by atomic mass is 32.2. The third-order valence-corrected chi connectivity index (χ3v) is 7.46. The summed E-state index contributed by atoms with van der Waals surface area (Å²) in [6.45, 7) is 0.565. The topological polar surface area (TPSA) is 96.5 Å². The van der Waals surface area contributed by atoms with E-state index in [9.17, 15) is 13.2 Å². The smallest absolute Gasteiger partial charge is 0.267 e. The van der Waals surface area contributed by atoms with E-state index in [1.54, 1.807) is 6.07 Å². The Morgan fingerprint density at radius 2 is 1.87 bits per heavy atom. The van der Waals surface area contributed by atoms with Crippen molar-refractivity contribution in [3.05, 3.63) is 59.7 Å². The molecular weight excluding hydrogens is 434 g/mol. The molecule has 0 radical (unpaired) electrons. The molecule has 0 aromatic heterocycles. The highest BCUT2D eigenvalue weighted by Gasteiger charge is 2.38. The summed E-state index contributed by atoms with van der Waals surface area (Å²) in [5.74, 6) is 0.0162. The first-order chi connectivity index (χ1) is 14.8. The molecule has 2 aromatic carbocycles. The van der Waals surface area contributed by atoms with E-state index in [-0.39, 0.29) is 33.5 Å². The largest absolute Gasteiger partial charge is 0.495 e. The van der Waals surface area contributed by atoms with Crippen LogP contribution in [0.5, 0.6) is 5.75 Å². The van der Waals surface area contributed by atoms with Crippen molar-refractivity contribution >= 4 is 33.3 Å². The lowest BCUT2D eigenvalue weighted by Crippen LogP contribution is -2.45. The van der Waals surface area contributed by atoms with E-state index in [0.29, 0.717) is 12.1 Å². The number of carbonyl (C=O) groups is 1. The van der Waals surface area contributed by atoms with Crippen molar-refractivity contribution in [3.63, 3.8) is 0 Å². The molecule has 0 heterocycles. The van der Waals surface area contributed by atoms with Gasteiger partial charge in [-0.2, -0.15) is 0 Å². The lowest BCUT2D eigenvalue weighted by Gasteiger charge is -2.42. The maximum absolute atomic E-state index is 12.7. The molecule has 166 valence electrons. The maximum atomic E-state index is 12.7. The molecule has 2 aromatic rings. The Kier molecular flexibility index (Phi) is 7.17. The molecule has 0 saturated heterocycles. The molecule has 31 heavy (non-hydrogen) atoms. The van der Waals surface area contributed by atoms with Crippen molar-refractivity contribution in [1.29, 1.82) is 0 Å². The molecule has 1 amide bonds. The molecular formula is C22H27N3O4S2. The van der Waals surface area contributed by atoms with Gasteiger partial charge in [-0.05, 0) is 48.3 Å². The zero-order valence-electron chi connectivity index (χ0n) is 17.6. The quantitative estimate of drug-likeness (QED) is 0.522. The van der Waals surface area contributed by atoms with Crippen LogP contribution < -0.4 is 20.1 Å². The Morgan fingerprint density at radius 3 is 2.45 bits per heavy atom. The third kappa shape index (κ3) is 5.34. The zero-order chi connectivity index (χ0) is 22.5. The van der Waals surface area contributed by atoms with Crippen LogP contribution >= 0.6 is 12.2 Å². The molecule has 0 aliphatic heterocycles. The van der Waals surface area contributed by atoms with Gasteiger partial charge in [0.2, 0.25) is 5.91 Å². The summed E-state index contributed by atoms with van der Waals surface area (Å²) in [5, 5.41) is 5.57. The first-order valence-corrected chi connectivity index (χ1v) is 11.9. The molecule has 0 unspecified atom stereocenters. The number of methoxy groups -OCH3 is 1. The fraction of sp³-hybridized carbons (Fsp3) is 0.364. The van der Waals surface area contributed by atoms with E-state index in [2.05, 4.69) is 27.5 Å². The summed E-state index contributed by atoms with van der Waals surface area (Å²) < 4.78 is 32.8. The van der Waals surface area contributed by atoms with E-state index >= 15 is 0 Å². The molecule has 1 aliphatic rings. The number of amides is 1. The van der Waals surface area contributed by atoms with Gasteiger partial charge >= 0.3 is 0 Å². The monoisotopic (exact) mass is 461 g/mol. The number of rotatable bonds is 8. The number of carbonyl (C=O) groups excluding carboxylic acids is 1. The second-order valence-corrected chi connectivity index (χ2v) is 9.68. The number of hydrogen-bond donors (Lipinski definition) is 3. The van der Waals surface area contributed by atoms with Crippen molar-refractivity contribution in [1.82, 2.24) is 15.4 Å². The van der Waals surface area contributed by atoms with Crippen molar-refractivity contribution in [2.24, 2.45) is 0 Å². The van der Waals surface area contributed by atoms with Crippen LogP contribution in [0.1, 0.15) is 30.4 Å². The van der Waals surface area contributed by atoms with Crippen LogP contribution in [0.3, 0.4) is 0 Å². The Hall–Kier alpha value is -2.65. The normalized spacial score (nSPS) is 14.8. The van der Waals surface area contributed by atoms with Gasteiger partial charge in [-0.3, -0.25) is 9.52 Å². The van der Waals surface area contributed by atoms with Crippen LogP contribution in [0.2, 0.25) is 0 Å². The van der Waals surface area contributed by atoms with Gasteiger partial charge in [-0.15, -0.1) is 0 Å². The fourth-order valence-corrected chi connectivity index (χ4v) is 5.26. The van der Waals surface area contributed by atoms with Gasteiger partial charge in [-0.1, -0.05) is 42.8 Å². The molecule has 3 rings (SSSR count). The first-order valence-electron chi connectivity index (χ1n) is 10.0. The summed E-state index contributed by atoms with van der Waals surface area (Å²) in [4.78, 5) is 12.6. The van der Waals surface area contributed by atoms with Crippen LogP contribution in [-0.2, 0) is 26.7 Å². The highest BCUT2D eigenvalue weighted by Crippen LogP contribution is 2.43. The zero-order valence-corrected chi connectivity index (χ0v) is 19.2. The minimum absolute atomic E-state index is 0.0158. The van der Waals surface area contributed by atoms with Gasteiger partial charge in [0.1, 0.15) is 10.6 Å². The minimum atomic E-state index is -3.95. The Morgan fingerprint density at radius 1 is 1.16 bits per heavy atom. The number of sulfonamides is 1. The standard InChI is InChI=1S/C22H27N3O4S2/c1-23-21(30)25-31(27,28)19-13-16(9-10-18(19)29-2)14-20(26)24-15-22(11-6-12-22)17-7-4-3-5-8-17/h3-5,7-10,13H,6,11-12,14-15H2,1-2H3,(H,24,26)(H2,23,25,30). The molecule has 3 N–H and O–H groups in total. The van der Waals surface area contributed by atoms with E-state index in [0.717, 1.165) is 19.3 Å². The van der Waals surface area contributed by atoms with E-state index in [1.165, 1.54) is 31.9 Å². The number of benzene rings is 2. The Bertz CT molecular complexity index is 1050. The Balaban J connectivity index is 1.71. The van der Waals surface area contributed by atoms with Gasteiger partial charge in [-0.25, -0.2) is 8.42 Å². The summed E-state index contributed by atoms with van der Waals surface area (Å²) in [5.41, 5.74) is 1.79. The van der Waals surface area contributed by atoms with Crippen molar-refractivity contribution in [2.75, 3.05) is 20.7 Å². The van der Waals surface area contributed by atoms with Crippen molar-refractivity contribution < 1.29 is 17.9 Å². The predicted molar refractivity (Wildman–Crippen MR) is 124 cm³/mol. The van der Waals surface area contributed by atoms with Gasteiger partial charge in [0, 0.05) is 19.0 Å². The lowest BCUT2D eigenvalue weighted by molar-refractivity contribution is -0.120. The number of ether oxygens (including phenoxy) is 1. The summed E-state index contributed by atoms with van der Waals surface area (Å²) in [7, 11) is -1.04. The Labute approximate surface area is 188 Å². The molecule has 0 bridgehead atoms. The van der Waals surface area contributed by atoms with Gasteiger partial charge in [0.25, 0.3) is 10.0 Å². The SMILES string of the molecule is CNC(=S)NS(=O)(=O)c1cc(CC(=O)NCC2(c3ccccc3)CCC2)ccc1OC. The van der Waals surface area contributed by atoms with E-state index in [4.69, 9.17) is 17.0 Å². The number of thiocarbonyl (C=S) groups is 1. The maximum Gasteiger partial charge on any atom is 0.267 e. The van der Waals surface area contributed by atoms with Crippen LogP contribution in [0.25, 0.3) is 0 Å². The lowest BCUT2D eigenvalue weighted by atomic mass is 9.64. The second kappa shape index (κ2) is 9.65. The average molecular weight is 462 g/mol. The molecule has 0 atom stereocenters. The molecule has 1 saturated carbocycles. The third-order valence-electron chi connectivity index (χ3n) is 5.66. The molecule has 1 aliphatic carbocycles. The second-order valence-electron chi connectivity index (χ2n) is 7.62. The van der Waals surface area contributed by atoms with E-state index < -0.39 is 10.0 Å². The summed E-state index contributed by atoms with van der Waals surface area (Å²) >= 11 is 4.91. The van der Waals surface area contributed by atoms with Crippen LogP contribution in [-0.4, -0.2) is 40.1 Å². The van der Waals surface area contributed by atoms with Crippen molar-refractivity contribution in [2.45, 2.75) is 36.0 Å². The van der Waals surface area contributed by atoms with Gasteiger partial charge < -0.3 is 15.4 Å². The summed E-state index contributed by atoms with van der Waals surface area (Å²) in [6, 6.07) is 14.9. The number of nitrogens with one attached hydrogen (secondary N) is 3. The van der Waals surface area contributed by atoms with Gasteiger partial charge in [0.15, 0.2) is 5.11 Å². The minimum Gasteiger partial charge on any atom is -0.495 e. The van der Waals surface area contributed by atoms with Crippen LogP contribution in [0, 0.1) is 0 Å². The average Bonchev–Trinajstić information content (AvgIpc) is 2.73. The number of hydrogen-bond acceptors (Lipinski definition) is 5.